The molecule has 0 aliphatic heterocycles. The van der Waals surface area contributed by atoms with E-state index in [1.54, 1.807) is 6.92 Å². The van der Waals surface area contributed by atoms with Crippen molar-refractivity contribution in [3.63, 3.8) is 0 Å². The number of carbonyl (C=O) groups is 2. The van der Waals surface area contributed by atoms with Gasteiger partial charge in [-0.2, -0.15) is 5.10 Å². The second kappa shape index (κ2) is 5.97. The summed E-state index contributed by atoms with van der Waals surface area (Å²) >= 11 is 0. The van der Waals surface area contributed by atoms with Crippen LogP contribution in [0.5, 0.6) is 0 Å². The van der Waals surface area contributed by atoms with Gasteiger partial charge in [-0.05, 0) is 13.3 Å². The van der Waals surface area contributed by atoms with Crippen LogP contribution in [-0.2, 0) is 9.59 Å². The predicted octanol–water partition coefficient (Wildman–Crippen LogP) is 0.209. The number of hydrogen-bond donors (Lipinski definition) is 2. The molecule has 7 heteroatoms. The molecule has 1 unspecified atom stereocenters. The van der Waals surface area contributed by atoms with Crippen LogP contribution in [-0.4, -0.2) is 37.8 Å². The molecule has 2 atom stereocenters. The standard InChI is InChI=1S/C10H16N4O3/c1-3-4-8(10(16)17)13-9(15)7(2)14-6-11-5-12-14/h5-8H,3-4H2,1-2H3,(H,13,15)(H,16,17)/t7?,8-/m0/s1. The van der Waals surface area contributed by atoms with Gasteiger partial charge in [-0.3, -0.25) is 4.79 Å². The molecule has 0 aliphatic rings. The Morgan fingerprint density at radius 2 is 2.24 bits per heavy atom. The predicted molar refractivity (Wildman–Crippen MR) is 59.2 cm³/mol. The summed E-state index contributed by atoms with van der Waals surface area (Å²) in [7, 11) is 0. The van der Waals surface area contributed by atoms with E-state index in [0.717, 1.165) is 0 Å². The maximum atomic E-state index is 11.8. The normalized spacial score (nSPS) is 14.0. The third kappa shape index (κ3) is 3.54. The van der Waals surface area contributed by atoms with Gasteiger partial charge in [0.1, 0.15) is 24.7 Å². The Labute approximate surface area is 98.8 Å². The molecule has 7 nitrogen and oxygen atoms in total. The molecule has 0 spiro atoms. The number of carboxylic acids is 1. The lowest BCUT2D eigenvalue weighted by Gasteiger charge is -2.17. The third-order valence-electron chi connectivity index (χ3n) is 2.40. The van der Waals surface area contributed by atoms with Crippen molar-refractivity contribution in [3.8, 4) is 0 Å². The SMILES string of the molecule is CCC[C@H](NC(=O)C(C)n1cncn1)C(=O)O. The molecule has 0 saturated carbocycles. The zero-order chi connectivity index (χ0) is 12.8. The van der Waals surface area contributed by atoms with E-state index < -0.39 is 18.1 Å². The highest BCUT2D eigenvalue weighted by molar-refractivity contribution is 5.85. The summed E-state index contributed by atoms with van der Waals surface area (Å²) in [5, 5.41) is 15.2. The first-order valence-corrected chi connectivity index (χ1v) is 5.43. The Bertz CT molecular complexity index is 377. The molecule has 1 heterocycles. The number of aromatic nitrogens is 3. The fourth-order valence-corrected chi connectivity index (χ4v) is 1.38. The van der Waals surface area contributed by atoms with Gasteiger partial charge in [-0.1, -0.05) is 13.3 Å². The number of nitrogens with zero attached hydrogens (tertiary/aromatic N) is 3. The topological polar surface area (TPSA) is 97.1 Å². The second-order valence-electron chi connectivity index (χ2n) is 3.74. The van der Waals surface area contributed by atoms with E-state index in [9.17, 15) is 9.59 Å². The van der Waals surface area contributed by atoms with Crippen LogP contribution in [0.1, 0.15) is 32.7 Å². The number of nitrogens with one attached hydrogen (secondary N) is 1. The average molecular weight is 240 g/mol. The molecule has 0 bridgehead atoms. The summed E-state index contributed by atoms with van der Waals surface area (Å²) < 4.78 is 1.38. The average Bonchev–Trinajstić information content (AvgIpc) is 2.80. The third-order valence-corrected chi connectivity index (χ3v) is 2.40. The molecule has 1 amide bonds. The number of carboxylic acid groups (broad SMARTS) is 1. The van der Waals surface area contributed by atoms with Gasteiger partial charge in [0, 0.05) is 0 Å². The highest BCUT2D eigenvalue weighted by atomic mass is 16.4. The largest absolute Gasteiger partial charge is 0.480 e. The lowest BCUT2D eigenvalue weighted by atomic mass is 10.1. The lowest BCUT2D eigenvalue weighted by Crippen LogP contribution is -2.43. The Morgan fingerprint density at radius 1 is 1.53 bits per heavy atom. The molecule has 2 N–H and O–H groups in total. The molecule has 0 fully saturated rings. The first-order valence-electron chi connectivity index (χ1n) is 5.43. The monoisotopic (exact) mass is 240 g/mol. The van der Waals surface area contributed by atoms with Crippen molar-refractivity contribution < 1.29 is 14.7 Å². The van der Waals surface area contributed by atoms with Crippen LogP contribution in [0.4, 0.5) is 0 Å². The summed E-state index contributed by atoms with van der Waals surface area (Å²) in [6.45, 7) is 3.50. The van der Waals surface area contributed by atoms with E-state index in [0.29, 0.717) is 12.8 Å². The van der Waals surface area contributed by atoms with Gasteiger partial charge < -0.3 is 10.4 Å². The van der Waals surface area contributed by atoms with E-state index >= 15 is 0 Å². The van der Waals surface area contributed by atoms with Crippen molar-refractivity contribution in [3.05, 3.63) is 12.7 Å². The molecule has 1 aromatic heterocycles. The minimum atomic E-state index is -1.02. The van der Waals surface area contributed by atoms with Gasteiger partial charge in [0.2, 0.25) is 5.91 Å². The van der Waals surface area contributed by atoms with E-state index in [4.69, 9.17) is 5.11 Å². The molecule has 0 aliphatic carbocycles. The molecular formula is C10H16N4O3. The number of rotatable bonds is 6. The van der Waals surface area contributed by atoms with Crippen LogP contribution in [0, 0.1) is 0 Å². The van der Waals surface area contributed by atoms with Crippen LogP contribution in [0.2, 0.25) is 0 Å². The Kier molecular flexibility index (Phi) is 4.62. The van der Waals surface area contributed by atoms with Crippen molar-refractivity contribution in [2.75, 3.05) is 0 Å². The van der Waals surface area contributed by atoms with Crippen LogP contribution >= 0.6 is 0 Å². The highest BCUT2D eigenvalue weighted by Crippen LogP contribution is 2.04. The zero-order valence-corrected chi connectivity index (χ0v) is 9.83. The van der Waals surface area contributed by atoms with E-state index in [1.165, 1.54) is 17.3 Å². The van der Waals surface area contributed by atoms with Gasteiger partial charge in [-0.25, -0.2) is 14.5 Å². The summed E-state index contributed by atoms with van der Waals surface area (Å²) in [6.07, 6.45) is 3.84. The van der Waals surface area contributed by atoms with Gasteiger partial charge in [-0.15, -0.1) is 0 Å². The highest BCUT2D eigenvalue weighted by Gasteiger charge is 2.23. The van der Waals surface area contributed by atoms with Crippen LogP contribution in [0.15, 0.2) is 12.7 Å². The molecule has 0 aromatic carbocycles. The molecule has 1 aromatic rings. The van der Waals surface area contributed by atoms with E-state index in [1.807, 2.05) is 6.92 Å². The summed E-state index contributed by atoms with van der Waals surface area (Å²) in [5.74, 6) is -1.40. The fourth-order valence-electron chi connectivity index (χ4n) is 1.38. The summed E-state index contributed by atoms with van der Waals surface area (Å²) in [6, 6.07) is -1.42. The van der Waals surface area contributed by atoms with E-state index in [2.05, 4.69) is 15.4 Å². The number of aliphatic carboxylic acids is 1. The fraction of sp³-hybridized carbons (Fsp3) is 0.600. The van der Waals surface area contributed by atoms with Crippen LogP contribution in [0.25, 0.3) is 0 Å². The Balaban J connectivity index is 2.61. The first-order chi connectivity index (χ1) is 8.06. The molecule has 0 radical (unpaired) electrons. The van der Waals surface area contributed by atoms with Gasteiger partial charge in [0.15, 0.2) is 0 Å². The summed E-state index contributed by atoms with van der Waals surface area (Å²) in [5.41, 5.74) is 0. The first kappa shape index (κ1) is 13.1. The van der Waals surface area contributed by atoms with Crippen molar-refractivity contribution in [2.24, 2.45) is 0 Å². The van der Waals surface area contributed by atoms with Crippen molar-refractivity contribution in [1.82, 2.24) is 20.1 Å². The van der Waals surface area contributed by atoms with Gasteiger partial charge >= 0.3 is 5.97 Å². The number of carbonyl (C=O) groups excluding carboxylic acids is 1. The lowest BCUT2D eigenvalue weighted by molar-refractivity contribution is -0.142. The molecule has 1 rings (SSSR count). The summed E-state index contributed by atoms with van der Waals surface area (Å²) in [4.78, 5) is 26.4. The smallest absolute Gasteiger partial charge is 0.326 e. The minimum absolute atomic E-state index is 0.378. The minimum Gasteiger partial charge on any atom is -0.480 e. The van der Waals surface area contributed by atoms with Gasteiger partial charge in [0.25, 0.3) is 0 Å². The molecule has 17 heavy (non-hydrogen) atoms. The maximum absolute atomic E-state index is 11.8. The van der Waals surface area contributed by atoms with Gasteiger partial charge in [0.05, 0.1) is 0 Å². The van der Waals surface area contributed by atoms with Crippen molar-refractivity contribution in [2.45, 2.75) is 38.8 Å². The Hall–Kier alpha value is -1.92. The quantitative estimate of drug-likeness (QED) is 0.740. The van der Waals surface area contributed by atoms with E-state index in [-0.39, 0.29) is 5.91 Å². The zero-order valence-electron chi connectivity index (χ0n) is 9.83. The van der Waals surface area contributed by atoms with Crippen LogP contribution in [0.3, 0.4) is 0 Å². The number of hydrogen-bond acceptors (Lipinski definition) is 4. The molecule has 0 saturated heterocycles. The second-order valence-corrected chi connectivity index (χ2v) is 3.74. The maximum Gasteiger partial charge on any atom is 0.326 e. The molecular weight excluding hydrogens is 224 g/mol. The van der Waals surface area contributed by atoms with Crippen molar-refractivity contribution >= 4 is 11.9 Å². The van der Waals surface area contributed by atoms with Crippen LogP contribution < -0.4 is 5.32 Å². The van der Waals surface area contributed by atoms with Crippen molar-refractivity contribution in [1.29, 1.82) is 0 Å². The number of amides is 1. The molecule has 94 valence electrons. The Morgan fingerprint density at radius 3 is 2.71 bits per heavy atom.